The summed E-state index contributed by atoms with van der Waals surface area (Å²) in [6.45, 7) is 5.33. The van der Waals surface area contributed by atoms with E-state index < -0.39 is 5.92 Å². The third kappa shape index (κ3) is 3.66. The minimum atomic E-state index is -0.392. The van der Waals surface area contributed by atoms with Crippen LogP contribution in [0.3, 0.4) is 0 Å². The summed E-state index contributed by atoms with van der Waals surface area (Å²) in [6.07, 6.45) is 0.743. The van der Waals surface area contributed by atoms with Crippen LogP contribution in [0, 0.1) is 5.92 Å². The molecule has 0 saturated carbocycles. The first kappa shape index (κ1) is 18.2. The molecule has 0 bridgehead atoms. The van der Waals surface area contributed by atoms with Crippen molar-refractivity contribution >= 4 is 29.2 Å². The van der Waals surface area contributed by atoms with Gasteiger partial charge in [0.1, 0.15) is 0 Å². The third-order valence-electron chi connectivity index (χ3n) is 5.12. The number of anilines is 2. The van der Waals surface area contributed by atoms with Crippen LogP contribution in [0.25, 0.3) is 0 Å². The van der Waals surface area contributed by atoms with E-state index in [1.807, 2.05) is 36.1 Å². The van der Waals surface area contributed by atoms with E-state index in [-0.39, 0.29) is 24.2 Å². The van der Waals surface area contributed by atoms with E-state index in [1.54, 1.807) is 4.90 Å². The Morgan fingerprint density at radius 1 is 1.08 bits per heavy atom. The van der Waals surface area contributed by atoms with Crippen LogP contribution in [0.5, 0.6) is 0 Å². The average molecular weight is 359 g/mol. The highest BCUT2D eigenvalue weighted by Gasteiger charge is 2.35. The highest BCUT2D eigenvalue weighted by Crippen LogP contribution is 2.28. The third-order valence-corrected chi connectivity index (χ3v) is 5.12. The Bertz CT molecular complexity index is 681. The lowest BCUT2D eigenvalue weighted by molar-refractivity contribution is -0.145. The molecule has 1 aromatic rings. The molecular weight excluding hydrogens is 334 g/mol. The van der Waals surface area contributed by atoms with Gasteiger partial charge in [-0.3, -0.25) is 14.4 Å². The number of nitrogens with zero attached hydrogens (tertiary/aromatic N) is 3. The molecule has 2 amide bonds. The molecule has 1 aromatic carbocycles. The molecule has 2 fully saturated rings. The minimum Gasteiger partial charge on any atom is -0.469 e. The van der Waals surface area contributed by atoms with E-state index in [0.29, 0.717) is 13.0 Å². The van der Waals surface area contributed by atoms with Gasteiger partial charge in [-0.1, -0.05) is 6.92 Å². The van der Waals surface area contributed by atoms with Gasteiger partial charge in [0, 0.05) is 56.9 Å². The number of carbonyl (C=O) groups excluding carboxylic acids is 3. The number of amides is 2. The molecule has 140 valence electrons. The summed E-state index contributed by atoms with van der Waals surface area (Å²) in [5.41, 5.74) is 1.87. The molecule has 0 spiro atoms. The van der Waals surface area contributed by atoms with E-state index in [2.05, 4.69) is 4.90 Å². The largest absolute Gasteiger partial charge is 0.469 e. The summed E-state index contributed by atoms with van der Waals surface area (Å²) >= 11 is 0. The van der Waals surface area contributed by atoms with Crippen molar-refractivity contribution in [2.45, 2.75) is 19.8 Å². The van der Waals surface area contributed by atoms with Crippen molar-refractivity contribution in [3.05, 3.63) is 24.3 Å². The molecular formula is C19H25N3O4. The van der Waals surface area contributed by atoms with Crippen LogP contribution >= 0.6 is 0 Å². The standard InChI is InChI=1S/C19H25N3O4/c1-3-17(23)21-10-8-20(9-11-21)15-4-6-16(7-5-15)22-13-14(12-18(22)24)19(25)26-2/h4-7,14H,3,8-13H2,1-2H3. The molecule has 2 aliphatic heterocycles. The summed E-state index contributed by atoms with van der Waals surface area (Å²) in [5, 5.41) is 0. The van der Waals surface area contributed by atoms with Crippen LogP contribution in [0.4, 0.5) is 11.4 Å². The molecule has 1 atom stereocenters. The first-order chi connectivity index (χ1) is 12.5. The fraction of sp³-hybridized carbons (Fsp3) is 0.526. The second kappa shape index (κ2) is 7.76. The zero-order valence-corrected chi connectivity index (χ0v) is 15.3. The summed E-state index contributed by atoms with van der Waals surface area (Å²) in [4.78, 5) is 41.4. The van der Waals surface area contributed by atoms with Gasteiger partial charge in [-0.2, -0.15) is 0 Å². The highest BCUT2D eigenvalue weighted by molar-refractivity contribution is 5.99. The first-order valence-corrected chi connectivity index (χ1v) is 9.04. The maximum Gasteiger partial charge on any atom is 0.311 e. The Balaban J connectivity index is 1.62. The van der Waals surface area contributed by atoms with Crippen molar-refractivity contribution < 1.29 is 19.1 Å². The highest BCUT2D eigenvalue weighted by atomic mass is 16.5. The number of hydrogen-bond acceptors (Lipinski definition) is 5. The van der Waals surface area contributed by atoms with Crippen LogP contribution < -0.4 is 9.80 Å². The van der Waals surface area contributed by atoms with Crippen LogP contribution in [-0.2, 0) is 19.1 Å². The van der Waals surface area contributed by atoms with Crippen LogP contribution in [0.2, 0.25) is 0 Å². The van der Waals surface area contributed by atoms with Gasteiger partial charge in [0.25, 0.3) is 0 Å². The number of methoxy groups -OCH3 is 1. The lowest BCUT2D eigenvalue weighted by Crippen LogP contribution is -2.48. The normalized spacial score (nSPS) is 20.5. The molecule has 26 heavy (non-hydrogen) atoms. The Morgan fingerprint density at radius 3 is 2.27 bits per heavy atom. The summed E-state index contributed by atoms with van der Waals surface area (Å²) in [6, 6.07) is 7.81. The molecule has 7 heteroatoms. The van der Waals surface area contributed by atoms with E-state index in [9.17, 15) is 14.4 Å². The number of piperazine rings is 1. The quantitative estimate of drug-likeness (QED) is 0.757. The second-order valence-electron chi connectivity index (χ2n) is 6.67. The minimum absolute atomic E-state index is 0.0557. The fourth-order valence-electron chi connectivity index (χ4n) is 3.56. The van der Waals surface area contributed by atoms with Gasteiger partial charge in [-0.05, 0) is 24.3 Å². The predicted molar refractivity (Wildman–Crippen MR) is 98.0 cm³/mol. The SMILES string of the molecule is CCC(=O)N1CCN(c2ccc(N3CC(C(=O)OC)CC3=O)cc2)CC1. The Labute approximate surface area is 153 Å². The Hall–Kier alpha value is -2.57. The molecule has 2 saturated heterocycles. The van der Waals surface area contributed by atoms with E-state index >= 15 is 0 Å². The number of hydrogen-bond donors (Lipinski definition) is 0. The van der Waals surface area contributed by atoms with Crippen LogP contribution in [-0.4, -0.2) is 62.5 Å². The zero-order chi connectivity index (χ0) is 18.7. The van der Waals surface area contributed by atoms with Crippen molar-refractivity contribution in [3.63, 3.8) is 0 Å². The smallest absolute Gasteiger partial charge is 0.311 e. The summed E-state index contributed by atoms with van der Waals surface area (Å²) in [7, 11) is 1.35. The van der Waals surface area contributed by atoms with Gasteiger partial charge < -0.3 is 19.4 Å². The lowest BCUT2D eigenvalue weighted by Gasteiger charge is -2.36. The molecule has 1 unspecified atom stereocenters. The molecule has 0 N–H and O–H groups in total. The molecule has 3 rings (SSSR count). The monoisotopic (exact) mass is 359 g/mol. The molecule has 2 heterocycles. The summed E-state index contributed by atoms with van der Waals surface area (Å²) in [5.74, 6) is -0.583. The van der Waals surface area contributed by atoms with Gasteiger partial charge in [0.05, 0.1) is 13.0 Å². The summed E-state index contributed by atoms with van der Waals surface area (Å²) < 4.78 is 4.75. The van der Waals surface area contributed by atoms with Gasteiger partial charge in [0.15, 0.2) is 0 Å². The van der Waals surface area contributed by atoms with Gasteiger partial charge in [-0.25, -0.2) is 0 Å². The molecule has 7 nitrogen and oxygen atoms in total. The molecule has 0 aromatic heterocycles. The van der Waals surface area contributed by atoms with E-state index in [0.717, 1.165) is 37.6 Å². The number of esters is 1. The maximum absolute atomic E-state index is 12.2. The fourth-order valence-corrected chi connectivity index (χ4v) is 3.56. The number of rotatable bonds is 4. The van der Waals surface area contributed by atoms with Gasteiger partial charge in [0.2, 0.25) is 11.8 Å². The van der Waals surface area contributed by atoms with Crippen molar-refractivity contribution in [2.75, 3.05) is 49.6 Å². The molecule has 2 aliphatic rings. The van der Waals surface area contributed by atoms with Gasteiger partial charge >= 0.3 is 5.97 Å². The topological polar surface area (TPSA) is 70.2 Å². The van der Waals surface area contributed by atoms with Crippen molar-refractivity contribution in [3.8, 4) is 0 Å². The number of benzene rings is 1. The van der Waals surface area contributed by atoms with E-state index in [4.69, 9.17) is 4.74 Å². The first-order valence-electron chi connectivity index (χ1n) is 9.04. The second-order valence-corrected chi connectivity index (χ2v) is 6.67. The van der Waals surface area contributed by atoms with Crippen molar-refractivity contribution in [2.24, 2.45) is 5.92 Å². The van der Waals surface area contributed by atoms with Crippen molar-refractivity contribution in [1.29, 1.82) is 0 Å². The predicted octanol–water partition coefficient (Wildman–Crippen LogP) is 1.27. The van der Waals surface area contributed by atoms with E-state index in [1.165, 1.54) is 7.11 Å². The average Bonchev–Trinajstić information content (AvgIpc) is 3.08. The maximum atomic E-state index is 12.2. The number of ether oxygens (including phenoxy) is 1. The molecule has 0 aliphatic carbocycles. The number of carbonyl (C=O) groups is 3. The van der Waals surface area contributed by atoms with Crippen LogP contribution in [0.15, 0.2) is 24.3 Å². The Morgan fingerprint density at radius 2 is 1.69 bits per heavy atom. The van der Waals surface area contributed by atoms with Gasteiger partial charge in [-0.15, -0.1) is 0 Å². The zero-order valence-electron chi connectivity index (χ0n) is 15.3. The van der Waals surface area contributed by atoms with Crippen LogP contribution in [0.1, 0.15) is 19.8 Å². The molecule has 0 radical (unpaired) electrons. The van der Waals surface area contributed by atoms with Crippen molar-refractivity contribution in [1.82, 2.24) is 4.90 Å². The Kier molecular flexibility index (Phi) is 5.44. The lowest BCUT2D eigenvalue weighted by atomic mass is 10.1.